The van der Waals surface area contributed by atoms with Gasteiger partial charge in [-0.1, -0.05) is 51.3 Å². The molecule has 2 amide bonds. The van der Waals surface area contributed by atoms with Crippen LogP contribution in [0.1, 0.15) is 93.1 Å². The van der Waals surface area contributed by atoms with Crippen LogP contribution in [-0.2, 0) is 16.1 Å². The third-order valence-electron chi connectivity index (χ3n) is 8.84. The smallest absolute Gasteiger partial charge is 0.251 e. The summed E-state index contributed by atoms with van der Waals surface area (Å²) in [6, 6.07) is 13.0. The first-order valence-corrected chi connectivity index (χ1v) is 16.0. The number of hydrogen-bond donors (Lipinski definition) is 2. The average Bonchev–Trinajstić information content (AvgIpc) is 3.04. The van der Waals surface area contributed by atoms with E-state index in [1.54, 1.807) is 7.11 Å². The van der Waals surface area contributed by atoms with Gasteiger partial charge >= 0.3 is 0 Å². The number of nitrogens with one attached hydrogen (secondary N) is 2. The molecule has 234 valence electrons. The van der Waals surface area contributed by atoms with Crippen LogP contribution in [0.25, 0.3) is 0 Å². The maximum absolute atomic E-state index is 13.4. The Hall–Kier alpha value is -3.39. The minimum Gasteiger partial charge on any atom is -0.497 e. The van der Waals surface area contributed by atoms with Gasteiger partial charge in [-0.3, -0.25) is 14.4 Å². The molecule has 2 N–H and O–H groups in total. The van der Waals surface area contributed by atoms with E-state index in [1.165, 1.54) is 6.42 Å². The van der Waals surface area contributed by atoms with Gasteiger partial charge in [0.25, 0.3) is 5.91 Å². The second kappa shape index (κ2) is 15.9. The molecule has 2 unspecified atom stereocenters. The van der Waals surface area contributed by atoms with Crippen molar-refractivity contribution in [3.63, 3.8) is 0 Å². The number of methoxy groups -OCH3 is 1. The molecular weight excluding hydrogens is 542 g/mol. The minimum atomic E-state index is -0.436. The van der Waals surface area contributed by atoms with Gasteiger partial charge < -0.3 is 25.0 Å². The molecule has 1 saturated carbocycles. The zero-order valence-corrected chi connectivity index (χ0v) is 26.3. The van der Waals surface area contributed by atoms with E-state index in [2.05, 4.69) is 10.6 Å². The maximum Gasteiger partial charge on any atom is 0.251 e. The van der Waals surface area contributed by atoms with Gasteiger partial charge in [0.15, 0.2) is 5.78 Å². The van der Waals surface area contributed by atoms with Crippen molar-refractivity contribution in [2.75, 3.05) is 33.4 Å². The Labute approximate surface area is 256 Å². The lowest BCUT2D eigenvalue weighted by Crippen LogP contribution is -2.48. The molecule has 0 radical (unpaired) electrons. The Bertz CT molecular complexity index is 1240. The third-order valence-corrected chi connectivity index (χ3v) is 8.84. The van der Waals surface area contributed by atoms with Gasteiger partial charge in [-0.2, -0.15) is 0 Å². The Kier molecular flexibility index (Phi) is 12.0. The number of hydrogen-bond acceptors (Lipinski definition) is 6. The molecular formula is C35H49N3O5. The first-order valence-electron chi connectivity index (χ1n) is 16.0. The quantitative estimate of drug-likeness (QED) is 0.320. The number of amides is 2. The number of rotatable bonds is 13. The Morgan fingerprint density at radius 3 is 2.51 bits per heavy atom. The van der Waals surface area contributed by atoms with Gasteiger partial charge in [0, 0.05) is 48.7 Å². The number of nitrogens with zero attached hydrogens (tertiary/aromatic N) is 1. The highest BCUT2D eigenvalue weighted by atomic mass is 16.5. The maximum atomic E-state index is 13.4. The number of carbonyl (C=O) groups is 3. The lowest BCUT2D eigenvalue weighted by Gasteiger charge is -2.33. The summed E-state index contributed by atoms with van der Waals surface area (Å²) in [5.41, 5.74) is 2.61. The topological polar surface area (TPSA) is 97.0 Å². The highest BCUT2D eigenvalue weighted by Gasteiger charge is 2.32. The summed E-state index contributed by atoms with van der Waals surface area (Å²) in [4.78, 5) is 41.6. The van der Waals surface area contributed by atoms with Crippen molar-refractivity contribution in [2.45, 2.75) is 84.2 Å². The Morgan fingerprint density at radius 2 is 1.79 bits per heavy atom. The van der Waals surface area contributed by atoms with Gasteiger partial charge in [0.05, 0.1) is 26.3 Å². The zero-order valence-electron chi connectivity index (χ0n) is 26.3. The van der Waals surface area contributed by atoms with Gasteiger partial charge in [0.1, 0.15) is 11.5 Å². The van der Waals surface area contributed by atoms with E-state index in [9.17, 15) is 14.4 Å². The molecule has 1 aliphatic heterocycles. The van der Waals surface area contributed by atoms with Gasteiger partial charge in [-0.05, 0) is 62.3 Å². The number of ketones is 1. The average molecular weight is 592 g/mol. The first-order chi connectivity index (χ1) is 20.8. The molecule has 1 saturated heterocycles. The number of piperidine rings is 1. The summed E-state index contributed by atoms with van der Waals surface area (Å²) in [7, 11) is 1.63. The predicted molar refractivity (Wildman–Crippen MR) is 169 cm³/mol. The van der Waals surface area contributed by atoms with Crippen molar-refractivity contribution >= 4 is 17.6 Å². The molecule has 0 spiro atoms. The minimum absolute atomic E-state index is 0.0626. The monoisotopic (exact) mass is 591 g/mol. The van der Waals surface area contributed by atoms with Crippen molar-refractivity contribution in [2.24, 2.45) is 11.8 Å². The highest BCUT2D eigenvalue weighted by Crippen LogP contribution is 2.30. The molecule has 2 fully saturated rings. The summed E-state index contributed by atoms with van der Waals surface area (Å²) in [6.07, 6.45) is 7.26. The first kappa shape index (κ1) is 32.5. The standard InChI is InChI=1S/C35H49N3O5/c1-5-43-31-20-30(42-4)17-16-28(31)21-36-22-32(39)38-18-10-15-29(23-38)26-13-9-14-27(19-26)35(41)37-33(34(40)24(2)3)25-11-7-6-8-12-25/h9,13-14,16-17,19-20,24-25,29,33,36H,5-8,10-12,15,18,21-23H2,1-4H3,(H,37,41). The van der Waals surface area contributed by atoms with E-state index in [0.717, 1.165) is 67.7 Å². The van der Waals surface area contributed by atoms with Crippen LogP contribution >= 0.6 is 0 Å². The molecule has 8 nitrogen and oxygen atoms in total. The van der Waals surface area contributed by atoms with Crippen LogP contribution in [-0.4, -0.2) is 61.9 Å². The van der Waals surface area contributed by atoms with Crippen molar-refractivity contribution in [1.82, 2.24) is 15.5 Å². The van der Waals surface area contributed by atoms with Crippen LogP contribution in [0.3, 0.4) is 0 Å². The predicted octanol–water partition coefficient (Wildman–Crippen LogP) is 5.49. The molecule has 8 heteroatoms. The fourth-order valence-corrected chi connectivity index (χ4v) is 6.40. The molecule has 0 aromatic heterocycles. The molecule has 1 aliphatic carbocycles. The SMILES string of the molecule is CCOc1cc(OC)ccc1CNCC(=O)N1CCCC(c2cccc(C(=O)NC(C(=O)C(C)C)C3CCCCC3)c2)C1. The van der Waals surface area contributed by atoms with E-state index < -0.39 is 6.04 Å². The summed E-state index contributed by atoms with van der Waals surface area (Å²) < 4.78 is 11.1. The van der Waals surface area contributed by atoms with E-state index in [1.807, 2.05) is 68.1 Å². The highest BCUT2D eigenvalue weighted by molar-refractivity contribution is 5.98. The number of Topliss-reactive ketones (excluding diaryl/α,β-unsaturated/α-hetero) is 1. The largest absolute Gasteiger partial charge is 0.497 e. The van der Waals surface area contributed by atoms with Crippen LogP contribution in [0, 0.1) is 11.8 Å². The number of likely N-dealkylation sites (tertiary alicyclic amines) is 1. The van der Waals surface area contributed by atoms with Crippen LogP contribution in [0.4, 0.5) is 0 Å². The lowest BCUT2D eigenvalue weighted by molar-refractivity contribution is -0.131. The van der Waals surface area contributed by atoms with Crippen molar-refractivity contribution < 1.29 is 23.9 Å². The van der Waals surface area contributed by atoms with Gasteiger partial charge in [-0.15, -0.1) is 0 Å². The van der Waals surface area contributed by atoms with Gasteiger partial charge in [0.2, 0.25) is 5.91 Å². The summed E-state index contributed by atoms with van der Waals surface area (Å²) in [5, 5.41) is 6.40. The van der Waals surface area contributed by atoms with Crippen molar-refractivity contribution in [3.05, 3.63) is 59.2 Å². The molecule has 2 aromatic rings. The zero-order chi connectivity index (χ0) is 30.8. The number of ether oxygens (including phenoxy) is 2. The van der Waals surface area contributed by atoms with Crippen LogP contribution in [0.5, 0.6) is 11.5 Å². The summed E-state index contributed by atoms with van der Waals surface area (Å²) in [5.74, 6) is 1.71. The lowest BCUT2D eigenvalue weighted by atomic mass is 9.80. The fourth-order valence-electron chi connectivity index (χ4n) is 6.40. The van der Waals surface area contributed by atoms with E-state index in [4.69, 9.17) is 9.47 Å². The van der Waals surface area contributed by atoms with E-state index in [-0.39, 0.29) is 41.9 Å². The normalized spacial score (nSPS) is 18.3. The van der Waals surface area contributed by atoms with Crippen LogP contribution in [0.2, 0.25) is 0 Å². The second-order valence-electron chi connectivity index (χ2n) is 12.2. The molecule has 2 aliphatic rings. The van der Waals surface area contributed by atoms with Crippen molar-refractivity contribution in [3.8, 4) is 11.5 Å². The molecule has 1 heterocycles. The molecule has 2 aromatic carbocycles. The Balaban J connectivity index is 1.35. The number of benzene rings is 2. The summed E-state index contributed by atoms with van der Waals surface area (Å²) >= 11 is 0. The molecule has 2 atom stereocenters. The van der Waals surface area contributed by atoms with E-state index in [0.29, 0.717) is 25.3 Å². The van der Waals surface area contributed by atoms with E-state index >= 15 is 0 Å². The van der Waals surface area contributed by atoms with Gasteiger partial charge in [-0.25, -0.2) is 0 Å². The second-order valence-corrected chi connectivity index (χ2v) is 12.2. The molecule has 4 rings (SSSR count). The summed E-state index contributed by atoms with van der Waals surface area (Å²) in [6.45, 7) is 8.41. The number of carbonyl (C=O) groups excluding carboxylic acids is 3. The third kappa shape index (κ3) is 8.82. The van der Waals surface area contributed by atoms with Crippen LogP contribution < -0.4 is 20.1 Å². The fraction of sp³-hybridized carbons (Fsp3) is 0.571. The Morgan fingerprint density at radius 1 is 1.00 bits per heavy atom. The molecule has 43 heavy (non-hydrogen) atoms. The van der Waals surface area contributed by atoms with Crippen LogP contribution in [0.15, 0.2) is 42.5 Å². The van der Waals surface area contributed by atoms with Crippen molar-refractivity contribution in [1.29, 1.82) is 0 Å². The molecule has 0 bridgehead atoms.